The van der Waals surface area contributed by atoms with Gasteiger partial charge in [0.05, 0.1) is 46.8 Å². The third kappa shape index (κ3) is 4.13. The lowest BCUT2D eigenvalue weighted by atomic mass is 9.88. The summed E-state index contributed by atoms with van der Waals surface area (Å²) in [4.78, 5) is 14.4. The largest absolute Gasteiger partial charge is 0.493 e. The van der Waals surface area contributed by atoms with Crippen molar-refractivity contribution in [2.75, 3.05) is 39.9 Å². The number of anilines is 1. The summed E-state index contributed by atoms with van der Waals surface area (Å²) in [6, 6.07) is 8.83. The topological polar surface area (TPSA) is 66.5 Å². The van der Waals surface area contributed by atoms with Crippen molar-refractivity contribution in [2.45, 2.75) is 25.8 Å². The van der Waals surface area contributed by atoms with Crippen molar-refractivity contribution < 1.29 is 28.5 Å². The fourth-order valence-corrected chi connectivity index (χ4v) is 3.60. The van der Waals surface area contributed by atoms with E-state index in [0.29, 0.717) is 46.6 Å². The van der Waals surface area contributed by atoms with Crippen LogP contribution in [0.25, 0.3) is 0 Å². The van der Waals surface area contributed by atoms with Gasteiger partial charge in [0.2, 0.25) is 5.75 Å². The van der Waals surface area contributed by atoms with Gasteiger partial charge >= 0.3 is 0 Å². The number of hydrogen-bond acceptors (Lipinski definition) is 6. The highest BCUT2D eigenvalue weighted by molar-refractivity contribution is 6.15. The fraction of sp³-hybridized carbons (Fsp3) is 0.375. The van der Waals surface area contributed by atoms with Gasteiger partial charge in [0, 0.05) is 17.7 Å². The molecule has 7 heteroatoms. The molecule has 7 nitrogen and oxygen atoms in total. The molecule has 0 spiro atoms. The van der Waals surface area contributed by atoms with Gasteiger partial charge in [0.1, 0.15) is 0 Å². The Morgan fingerprint density at radius 2 is 1.55 bits per heavy atom. The Morgan fingerprint density at radius 1 is 0.903 bits per heavy atom. The number of nitrogens with zero attached hydrogens (tertiary/aromatic N) is 1. The van der Waals surface area contributed by atoms with Gasteiger partial charge in [0.15, 0.2) is 23.0 Å². The Hall–Kier alpha value is -3.35. The highest BCUT2D eigenvalue weighted by Gasteiger charge is 2.43. The predicted octanol–water partition coefficient (Wildman–Crippen LogP) is 4.54. The van der Waals surface area contributed by atoms with E-state index in [1.807, 2.05) is 18.2 Å². The molecule has 0 aliphatic carbocycles. The molecule has 1 heterocycles. The van der Waals surface area contributed by atoms with Crippen LogP contribution in [0.5, 0.6) is 28.7 Å². The second-order valence-electron chi connectivity index (χ2n) is 7.10. The first-order valence-electron chi connectivity index (χ1n) is 10.1. The highest BCUT2D eigenvalue weighted by Crippen LogP contribution is 2.48. The summed E-state index contributed by atoms with van der Waals surface area (Å²) in [5, 5.41) is 0. The molecule has 166 valence electrons. The van der Waals surface area contributed by atoms with Crippen LogP contribution in [0, 0.1) is 0 Å². The van der Waals surface area contributed by atoms with E-state index in [1.165, 1.54) is 7.11 Å². The van der Waals surface area contributed by atoms with Crippen LogP contribution in [0.2, 0.25) is 0 Å². The molecule has 0 radical (unpaired) electrons. The standard InChI is InChI=1S/C24H29NO6/c1-7-8-11-31-19-12-16(9-10-18(19)27-3)22-15(2)24(26)25(22)17-13-20(28-4)23(30-6)21(14-17)29-5/h9-10,12-14,22H,2,7-8,11H2,1,3-6H3/t22-/m1/s1. The number of ether oxygens (including phenoxy) is 5. The number of β-lactam (4-membered cyclic amide) rings is 1. The minimum absolute atomic E-state index is 0.163. The van der Waals surface area contributed by atoms with Gasteiger partial charge in [-0.1, -0.05) is 26.0 Å². The lowest BCUT2D eigenvalue weighted by molar-refractivity contribution is -0.118. The molecule has 1 aliphatic heterocycles. The zero-order chi connectivity index (χ0) is 22.5. The molecule has 0 N–H and O–H groups in total. The van der Waals surface area contributed by atoms with E-state index in [1.54, 1.807) is 38.4 Å². The van der Waals surface area contributed by atoms with Crippen LogP contribution >= 0.6 is 0 Å². The molecule has 1 aliphatic rings. The molecule has 1 atom stereocenters. The van der Waals surface area contributed by atoms with E-state index in [-0.39, 0.29) is 11.9 Å². The zero-order valence-electron chi connectivity index (χ0n) is 18.7. The molecule has 0 bridgehead atoms. The number of methoxy groups -OCH3 is 4. The smallest absolute Gasteiger partial charge is 0.256 e. The molecular weight excluding hydrogens is 398 g/mol. The summed E-state index contributed by atoms with van der Waals surface area (Å²) in [7, 11) is 6.23. The van der Waals surface area contributed by atoms with E-state index in [2.05, 4.69) is 13.5 Å². The number of hydrogen-bond donors (Lipinski definition) is 0. The third-order valence-electron chi connectivity index (χ3n) is 5.27. The lowest BCUT2D eigenvalue weighted by Crippen LogP contribution is -2.48. The van der Waals surface area contributed by atoms with Crippen molar-refractivity contribution in [1.29, 1.82) is 0 Å². The van der Waals surface area contributed by atoms with Crippen molar-refractivity contribution in [3.8, 4) is 28.7 Å². The van der Waals surface area contributed by atoms with Gasteiger partial charge in [-0.25, -0.2) is 0 Å². The lowest BCUT2D eigenvalue weighted by Gasteiger charge is -2.42. The molecule has 1 fully saturated rings. The fourth-order valence-electron chi connectivity index (χ4n) is 3.60. The Labute approximate surface area is 183 Å². The summed E-state index contributed by atoms with van der Waals surface area (Å²) in [6.07, 6.45) is 1.98. The molecule has 0 aromatic heterocycles. The van der Waals surface area contributed by atoms with Crippen molar-refractivity contribution in [3.63, 3.8) is 0 Å². The van der Waals surface area contributed by atoms with Gasteiger partial charge in [-0.05, 0) is 24.1 Å². The van der Waals surface area contributed by atoms with Crippen molar-refractivity contribution in [3.05, 3.63) is 48.0 Å². The molecule has 1 saturated heterocycles. The quantitative estimate of drug-likeness (QED) is 0.315. The van der Waals surface area contributed by atoms with E-state index < -0.39 is 0 Å². The summed E-state index contributed by atoms with van der Waals surface area (Å²) in [6.45, 7) is 6.69. The first kappa shape index (κ1) is 22.3. The molecule has 0 saturated carbocycles. The van der Waals surface area contributed by atoms with Crippen LogP contribution in [0.3, 0.4) is 0 Å². The number of carbonyl (C=O) groups excluding carboxylic acids is 1. The highest BCUT2D eigenvalue weighted by atomic mass is 16.5. The number of benzene rings is 2. The summed E-state index contributed by atoms with van der Waals surface area (Å²) in [5.74, 6) is 2.54. The van der Waals surface area contributed by atoms with E-state index >= 15 is 0 Å². The monoisotopic (exact) mass is 427 g/mol. The molecular formula is C24H29NO6. The summed E-state index contributed by atoms with van der Waals surface area (Å²) >= 11 is 0. The first-order chi connectivity index (χ1) is 15.0. The normalized spacial score (nSPS) is 15.4. The predicted molar refractivity (Wildman–Crippen MR) is 119 cm³/mol. The van der Waals surface area contributed by atoms with Gasteiger partial charge in [-0.3, -0.25) is 9.69 Å². The number of rotatable bonds is 10. The van der Waals surface area contributed by atoms with Crippen LogP contribution in [0.15, 0.2) is 42.5 Å². The number of unbranched alkanes of at least 4 members (excludes halogenated alkanes) is 1. The second-order valence-corrected chi connectivity index (χ2v) is 7.10. The minimum atomic E-state index is -0.338. The Morgan fingerprint density at radius 3 is 2.10 bits per heavy atom. The maximum Gasteiger partial charge on any atom is 0.256 e. The Kier molecular flexibility index (Phi) is 6.95. The SMILES string of the molecule is C=C1C(=O)N(c2cc(OC)c(OC)c(OC)c2)[C@H]1c1ccc(OC)c(OCCCC)c1. The zero-order valence-corrected chi connectivity index (χ0v) is 18.7. The summed E-state index contributed by atoms with van der Waals surface area (Å²) < 4.78 is 27.6. The molecule has 31 heavy (non-hydrogen) atoms. The average molecular weight is 427 g/mol. The Balaban J connectivity index is 2.00. The molecule has 1 amide bonds. The number of carbonyl (C=O) groups is 1. The van der Waals surface area contributed by atoms with Gasteiger partial charge in [-0.2, -0.15) is 0 Å². The van der Waals surface area contributed by atoms with Crippen LogP contribution in [-0.4, -0.2) is 41.0 Å². The van der Waals surface area contributed by atoms with Gasteiger partial charge in [0.25, 0.3) is 5.91 Å². The molecule has 2 aromatic rings. The average Bonchev–Trinajstić information content (AvgIpc) is 2.80. The maximum atomic E-state index is 12.8. The molecule has 2 aromatic carbocycles. The van der Waals surface area contributed by atoms with E-state index in [4.69, 9.17) is 23.7 Å². The van der Waals surface area contributed by atoms with Crippen molar-refractivity contribution in [2.24, 2.45) is 0 Å². The van der Waals surface area contributed by atoms with Crippen molar-refractivity contribution in [1.82, 2.24) is 0 Å². The summed E-state index contributed by atoms with van der Waals surface area (Å²) in [5.41, 5.74) is 2.00. The third-order valence-corrected chi connectivity index (χ3v) is 5.27. The van der Waals surface area contributed by atoms with Gasteiger partial charge < -0.3 is 23.7 Å². The van der Waals surface area contributed by atoms with E-state index in [0.717, 1.165) is 18.4 Å². The van der Waals surface area contributed by atoms with Gasteiger partial charge in [-0.15, -0.1) is 0 Å². The van der Waals surface area contributed by atoms with Crippen LogP contribution in [0.4, 0.5) is 5.69 Å². The van der Waals surface area contributed by atoms with Crippen LogP contribution in [0.1, 0.15) is 31.4 Å². The second kappa shape index (κ2) is 9.64. The molecule has 0 unspecified atom stereocenters. The van der Waals surface area contributed by atoms with Crippen LogP contribution < -0.4 is 28.6 Å². The maximum absolute atomic E-state index is 12.8. The van der Waals surface area contributed by atoms with E-state index in [9.17, 15) is 4.79 Å². The first-order valence-corrected chi connectivity index (χ1v) is 10.1. The molecule has 3 rings (SSSR count). The number of amides is 1. The Bertz CT molecular complexity index is 946. The van der Waals surface area contributed by atoms with Crippen molar-refractivity contribution >= 4 is 11.6 Å². The van der Waals surface area contributed by atoms with Crippen LogP contribution in [-0.2, 0) is 4.79 Å². The minimum Gasteiger partial charge on any atom is -0.493 e.